The number of rotatable bonds is 7. The minimum atomic E-state index is -3.67. The van der Waals surface area contributed by atoms with Crippen LogP contribution < -0.4 is 0 Å². The van der Waals surface area contributed by atoms with Crippen molar-refractivity contribution in [2.75, 3.05) is 20.1 Å². The zero-order chi connectivity index (χ0) is 17.8. The first-order valence-corrected chi connectivity index (χ1v) is 9.80. The van der Waals surface area contributed by atoms with Gasteiger partial charge in [0.2, 0.25) is 15.9 Å². The molecule has 0 bridgehead atoms. The van der Waals surface area contributed by atoms with Crippen LogP contribution in [-0.4, -0.2) is 49.7 Å². The number of hydrogen-bond donors (Lipinski definition) is 0. The van der Waals surface area contributed by atoms with Crippen LogP contribution in [0.25, 0.3) is 0 Å². The van der Waals surface area contributed by atoms with E-state index in [4.69, 9.17) is 0 Å². The van der Waals surface area contributed by atoms with E-state index in [0.29, 0.717) is 12.5 Å². The molecule has 1 aromatic rings. The molecular formula is C16H25BrN2O3S. The van der Waals surface area contributed by atoms with Crippen LogP contribution in [0.15, 0.2) is 33.6 Å². The molecule has 0 N–H and O–H groups in total. The molecule has 1 aromatic carbocycles. The van der Waals surface area contributed by atoms with E-state index < -0.39 is 10.0 Å². The Kier molecular flexibility index (Phi) is 7.23. The molecule has 0 aliphatic carbocycles. The van der Waals surface area contributed by atoms with E-state index in [1.165, 1.54) is 19.2 Å². The third kappa shape index (κ3) is 5.58. The standard InChI is InChI=1S/C16H25BrN2O3S/c1-12(2)10-19(13(3)4)16(20)11-18(5)23(21,22)15-8-6-14(17)7-9-15/h6-9,12-13H,10-11H2,1-5H3. The van der Waals surface area contributed by atoms with E-state index in [0.717, 1.165) is 8.78 Å². The van der Waals surface area contributed by atoms with Crippen molar-refractivity contribution in [2.24, 2.45) is 5.92 Å². The number of carbonyl (C=O) groups excluding carboxylic acids is 1. The van der Waals surface area contributed by atoms with Crippen LogP contribution in [0.1, 0.15) is 27.7 Å². The van der Waals surface area contributed by atoms with Crippen molar-refractivity contribution in [1.29, 1.82) is 0 Å². The molecule has 5 nitrogen and oxygen atoms in total. The van der Waals surface area contributed by atoms with Crippen molar-refractivity contribution in [3.8, 4) is 0 Å². The lowest BCUT2D eigenvalue weighted by molar-refractivity contribution is -0.133. The first-order valence-electron chi connectivity index (χ1n) is 7.57. The molecule has 0 heterocycles. The average Bonchev–Trinajstić information content (AvgIpc) is 2.44. The normalized spacial score (nSPS) is 12.2. The fourth-order valence-electron chi connectivity index (χ4n) is 2.15. The summed E-state index contributed by atoms with van der Waals surface area (Å²) in [6.07, 6.45) is 0. The molecule has 0 atom stereocenters. The molecule has 0 aliphatic rings. The van der Waals surface area contributed by atoms with Crippen molar-refractivity contribution in [1.82, 2.24) is 9.21 Å². The van der Waals surface area contributed by atoms with Crippen molar-refractivity contribution in [3.05, 3.63) is 28.7 Å². The Bertz CT molecular complexity index is 627. The van der Waals surface area contributed by atoms with Crippen molar-refractivity contribution < 1.29 is 13.2 Å². The maximum absolute atomic E-state index is 12.5. The van der Waals surface area contributed by atoms with Crippen LogP contribution in [0.3, 0.4) is 0 Å². The Labute approximate surface area is 147 Å². The van der Waals surface area contributed by atoms with Gasteiger partial charge in [0.15, 0.2) is 0 Å². The Morgan fingerprint density at radius 2 is 1.65 bits per heavy atom. The smallest absolute Gasteiger partial charge is 0.243 e. The van der Waals surface area contributed by atoms with Gasteiger partial charge in [0.05, 0.1) is 11.4 Å². The third-order valence-corrected chi connectivity index (χ3v) is 5.73. The van der Waals surface area contributed by atoms with E-state index in [1.807, 2.05) is 27.7 Å². The SMILES string of the molecule is CC(C)CN(C(=O)CN(C)S(=O)(=O)c1ccc(Br)cc1)C(C)C. The van der Waals surface area contributed by atoms with Crippen LogP contribution >= 0.6 is 15.9 Å². The molecular weight excluding hydrogens is 380 g/mol. The highest BCUT2D eigenvalue weighted by Crippen LogP contribution is 2.18. The molecule has 0 saturated heterocycles. The fraction of sp³-hybridized carbons (Fsp3) is 0.562. The number of sulfonamides is 1. The predicted octanol–water partition coefficient (Wildman–Crippen LogP) is 2.96. The molecule has 0 unspecified atom stereocenters. The molecule has 0 radical (unpaired) electrons. The highest BCUT2D eigenvalue weighted by molar-refractivity contribution is 9.10. The summed E-state index contributed by atoms with van der Waals surface area (Å²) in [5.74, 6) is 0.145. The highest BCUT2D eigenvalue weighted by Gasteiger charge is 2.26. The van der Waals surface area contributed by atoms with Gasteiger partial charge in [-0.2, -0.15) is 4.31 Å². The second-order valence-electron chi connectivity index (χ2n) is 6.25. The number of halogens is 1. The molecule has 7 heteroatoms. The van der Waals surface area contributed by atoms with Crippen molar-refractivity contribution in [2.45, 2.75) is 38.6 Å². The van der Waals surface area contributed by atoms with Gasteiger partial charge in [0.25, 0.3) is 0 Å². The topological polar surface area (TPSA) is 57.7 Å². The number of amides is 1. The van der Waals surface area contributed by atoms with Crippen molar-refractivity contribution in [3.63, 3.8) is 0 Å². The van der Waals surface area contributed by atoms with E-state index >= 15 is 0 Å². The maximum Gasteiger partial charge on any atom is 0.243 e. The lowest BCUT2D eigenvalue weighted by Gasteiger charge is -2.30. The molecule has 0 aliphatic heterocycles. The van der Waals surface area contributed by atoms with Crippen LogP contribution in [0.5, 0.6) is 0 Å². The van der Waals surface area contributed by atoms with Gasteiger partial charge in [0.1, 0.15) is 0 Å². The monoisotopic (exact) mass is 404 g/mol. The fourth-order valence-corrected chi connectivity index (χ4v) is 3.53. The second-order valence-corrected chi connectivity index (χ2v) is 9.21. The average molecular weight is 405 g/mol. The molecule has 0 saturated carbocycles. The van der Waals surface area contributed by atoms with E-state index in [2.05, 4.69) is 15.9 Å². The zero-order valence-electron chi connectivity index (χ0n) is 14.3. The van der Waals surface area contributed by atoms with Crippen LogP contribution in [-0.2, 0) is 14.8 Å². The van der Waals surface area contributed by atoms with Crippen molar-refractivity contribution >= 4 is 31.9 Å². The van der Waals surface area contributed by atoms with E-state index in [1.54, 1.807) is 17.0 Å². The molecule has 0 fully saturated rings. The van der Waals surface area contributed by atoms with Crippen LogP contribution in [0.4, 0.5) is 0 Å². The van der Waals surface area contributed by atoms with Gasteiger partial charge >= 0.3 is 0 Å². The summed E-state index contributed by atoms with van der Waals surface area (Å²) in [6, 6.07) is 6.42. The summed E-state index contributed by atoms with van der Waals surface area (Å²) in [5, 5.41) is 0. The minimum absolute atomic E-state index is 0.0358. The number of benzene rings is 1. The summed E-state index contributed by atoms with van der Waals surface area (Å²) in [6.45, 7) is 8.38. The van der Waals surface area contributed by atoms with Gasteiger partial charge in [-0.1, -0.05) is 29.8 Å². The lowest BCUT2D eigenvalue weighted by atomic mass is 10.2. The molecule has 1 rings (SSSR count). The number of carbonyl (C=O) groups is 1. The van der Waals surface area contributed by atoms with Gasteiger partial charge in [-0.05, 0) is 44.0 Å². The summed E-state index contributed by atoms with van der Waals surface area (Å²) < 4.78 is 27.0. The quantitative estimate of drug-likeness (QED) is 0.701. The predicted molar refractivity (Wildman–Crippen MR) is 95.6 cm³/mol. The first-order chi connectivity index (χ1) is 10.6. The van der Waals surface area contributed by atoms with E-state index in [9.17, 15) is 13.2 Å². The minimum Gasteiger partial charge on any atom is -0.339 e. The Morgan fingerprint density at radius 3 is 2.09 bits per heavy atom. The molecule has 130 valence electrons. The number of hydrogen-bond acceptors (Lipinski definition) is 3. The van der Waals surface area contributed by atoms with Gasteiger partial charge < -0.3 is 4.90 Å². The molecule has 0 aromatic heterocycles. The van der Waals surface area contributed by atoms with Gasteiger partial charge in [0, 0.05) is 24.1 Å². The number of nitrogens with zero attached hydrogens (tertiary/aromatic N) is 2. The van der Waals surface area contributed by atoms with E-state index in [-0.39, 0.29) is 23.4 Å². The number of likely N-dealkylation sites (N-methyl/N-ethyl adjacent to an activating group) is 1. The third-order valence-electron chi connectivity index (χ3n) is 3.39. The summed E-state index contributed by atoms with van der Waals surface area (Å²) in [7, 11) is -2.24. The first kappa shape index (κ1) is 20.1. The zero-order valence-corrected chi connectivity index (χ0v) is 16.7. The Balaban J connectivity index is 2.90. The van der Waals surface area contributed by atoms with Gasteiger partial charge in [-0.3, -0.25) is 4.79 Å². The Morgan fingerprint density at radius 1 is 1.13 bits per heavy atom. The Hall–Kier alpha value is -0.920. The summed E-state index contributed by atoms with van der Waals surface area (Å²) in [4.78, 5) is 14.4. The second kappa shape index (κ2) is 8.26. The molecule has 23 heavy (non-hydrogen) atoms. The largest absolute Gasteiger partial charge is 0.339 e. The molecule has 1 amide bonds. The van der Waals surface area contributed by atoms with Crippen LogP contribution in [0, 0.1) is 5.92 Å². The lowest BCUT2D eigenvalue weighted by Crippen LogP contribution is -2.45. The highest BCUT2D eigenvalue weighted by atomic mass is 79.9. The van der Waals surface area contributed by atoms with Gasteiger partial charge in [-0.15, -0.1) is 0 Å². The summed E-state index contributed by atoms with van der Waals surface area (Å²) in [5.41, 5.74) is 0. The summed E-state index contributed by atoms with van der Waals surface area (Å²) >= 11 is 3.28. The molecule has 0 spiro atoms. The van der Waals surface area contributed by atoms with Crippen LogP contribution in [0.2, 0.25) is 0 Å². The van der Waals surface area contributed by atoms with Gasteiger partial charge in [-0.25, -0.2) is 8.42 Å². The maximum atomic E-state index is 12.5.